The van der Waals surface area contributed by atoms with Crippen LogP contribution in [0.25, 0.3) is 0 Å². The minimum absolute atomic E-state index is 0.226. The minimum Gasteiger partial charge on any atom is -0.481 e. The lowest BCUT2D eigenvalue weighted by Crippen LogP contribution is -2.25. The largest absolute Gasteiger partial charge is 0.481 e. The summed E-state index contributed by atoms with van der Waals surface area (Å²) in [6, 6.07) is 0. The van der Waals surface area contributed by atoms with Gasteiger partial charge in [0.1, 0.15) is 0 Å². The number of likely N-dealkylation sites (tertiary alicyclic amines) is 1. The van der Waals surface area contributed by atoms with Crippen LogP contribution in [0.5, 0.6) is 0 Å². The summed E-state index contributed by atoms with van der Waals surface area (Å²) < 4.78 is 0. The van der Waals surface area contributed by atoms with E-state index in [1.807, 2.05) is 6.92 Å². The molecule has 0 aromatic rings. The van der Waals surface area contributed by atoms with Crippen LogP contribution in [0.3, 0.4) is 0 Å². The van der Waals surface area contributed by atoms with Gasteiger partial charge in [-0.15, -0.1) is 0 Å². The third-order valence-corrected chi connectivity index (χ3v) is 3.23. The quantitative estimate of drug-likeness (QED) is 0.639. The maximum atomic E-state index is 10.5. The standard InChI is InChI=1S/C12H24N2O2/c1-10(7-12(15)16)8-13-5-3-11-4-6-14(2)9-11/h10-11,13H,3-9H2,1-2H3,(H,15,16). The van der Waals surface area contributed by atoms with E-state index in [1.165, 1.54) is 25.9 Å². The Kier molecular flexibility index (Phi) is 5.77. The summed E-state index contributed by atoms with van der Waals surface area (Å²) >= 11 is 0. The normalized spacial score (nSPS) is 23.5. The number of hydrogen-bond acceptors (Lipinski definition) is 3. The van der Waals surface area contributed by atoms with Gasteiger partial charge in [-0.3, -0.25) is 4.79 Å². The summed E-state index contributed by atoms with van der Waals surface area (Å²) in [5, 5.41) is 12.0. The molecule has 4 nitrogen and oxygen atoms in total. The van der Waals surface area contributed by atoms with Crippen LogP contribution in [0.1, 0.15) is 26.2 Å². The summed E-state index contributed by atoms with van der Waals surface area (Å²) in [6.07, 6.45) is 2.78. The molecule has 0 aliphatic carbocycles. The van der Waals surface area contributed by atoms with Crippen LogP contribution in [0, 0.1) is 11.8 Å². The van der Waals surface area contributed by atoms with Crippen molar-refractivity contribution in [2.24, 2.45) is 11.8 Å². The second-order valence-corrected chi connectivity index (χ2v) is 5.11. The molecule has 0 aromatic carbocycles. The molecule has 94 valence electrons. The molecule has 1 heterocycles. The van der Waals surface area contributed by atoms with E-state index in [0.29, 0.717) is 0 Å². The summed E-state index contributed by atoms with van der Waals surface area (Å²) in [5.74, 6) is 0.350. The smallest absolute Gasteiger partial charge is 0.303 e. The van der Waals surface area contributed by atoms with E-state index in [1.54, 1.807) is 0 Å². The van der Waals surface area contributed by atoms with Gasteiger partial charge < -0.3 is 15.3 Å². The third kappa shape index (κ3) is 5.47. The van der Waals surface area contributed by atoms with Crippen molar-refractivity contribution in [2.45, 2.75) is 26.2 Å². The number of nitrogens with one attached hydrogen (secondary N) is 1. The topological polar surface area (TPSA) is 52.6 Å². The van der Waals surface area contributed by atoms with Crippen molar-refractivity contribution in [3.63, 3.8) is 0 Å². The highest BCUT2D eigenvalue weighted by molar-refractivity contribution is 5.66. The zero-order valence-electron chi connectivity index (χ0n) is 10.4. The molecule has 1 fully saturated rings. The Morgan fingerprint density at radius 1 is 1.62 bits per heavy atom. The molecule has 16 heavy (non-hydrogen) atoms. The van der Waals surface area contributed by atoms with Gasteiger partial charge in [0.2, 0.25) is 0 Å². The monoisotopic (exact) mass is 228 g/mol. The first-order chi connectivity index (χ1) is 7.58. The molecular weight excluding hydrogens is 204 g/mol. The molecule has 1 saturated heterocycles. The molecule has 0 radical (unpaired) electrons. The Morgan fingerprint density at radius 3 is 2.94 bits per heavy atom. The maximum Gasteiger partial charge on any atom is 0.303 e. The Balaban J connectivity index is 1.97. The molecule has 1 aliphatic heterocycles. The molecule has 0 bridgehead atoms. The molecule has 4 heteroatoms. The number of hydrogen-bond donors (Lipinski definition) is 2. The van der Waals surface area contributed by atoms with E-state index in [0.717, 1.165) is 19.0 Å². The minimum atomic E-state index is -0.702. The first-order valence-corrected chi connectivity index (χ1v) is 6.19. The van der Waals surface area contributed by atoms with Crippen molar-refractivity contribution >= 4 is 5.97 Å². The predicted octanol–water partition coefficient (Wildman–Crippen LogP) is 1.03. The molecule has 0 saturated carbocycles. The zero-order chi connectivity index (χ0) is 12.0. The van der Waals surface area contributed by atoms with Gasteiger partial charge in [0, 0.05) is 13.0 Å². The molecule has 2 N–H and O–H groups in total. The highest BCUT2D eigenvalue weighted by atomic mass is 16.4. The number of carboxylic acids is 1. The van der Waals surface area contributed by atoms with Crippen LogP contribution in [0.2, 0.25) is 0 Å². The van der Waals surface area contributed by atoms with Crippen molar-refractivity contribution in [1.82, 2.24) is 10.2 Å². The van der Waals surface area contributed by atoms with E-state index in [-0.39, 0.29) is 12.3 Å². The lowest BCUT2D eigenvalue weighted by Gasteiger charge is -2.13. The van der Waals surface area contributed by atoms with Gasteiger partial charge >= 0.3 is 5.97 Å². The fourth-order valence-electron chi connectivity index (χ4n) is 2.29. The van der Waals surface area contributed by atoms with Gasteiger partial charge in [-0.05, 0) is 51.4 Å². The second-order valence-electron chi connectivity index (χ2n) is 5.11. The number of carboxylic acid groups (broad SMARTS) is 1. The van der Waals surface area contributed by atoms with Crippen LogP contribution in [0.15, 0.2) is 0 Å². The summed E-state index contributed by atoms with van der Waals surface area (Å²) in [7, 11) is 2.17. The highest BCUT2D eigenvalue weighted by Crippen LogP contribution is 2.16. The lowest BCUT2D eigenvalue weighted by atomic mass is 10.0. The average Bonchev–Trinajstić information content (AvgIpc) is 2.58. The summed E-state index contributed by atoms with van der Waals surface area (Å²) in [5.41, 5.74) is 0. The molecular formula is C12H24N2O2. The number of nitrogens with zero attached hydrogens (tertiary/aromatic N) is 1. The van der Waals surface area contributed by atoms with Crippen LogP contribution in [0.4, 0.5) is 0 Å². The van der Waals surface area contributed by atoms with E-state index >= 15 is 0 Å². The number of aliphatic carboxylic acids is 1. The van der Waals surface area contributed by atoms with Crippen LogP contribution in [-0.4, -0.2) is 49.2 Å². The second kappa shape index (κ2) is 6.86. The Morgan fingerprint density at radius 2 is 2.38 bits per heavy atom. The summed E-state index contributed by atoms with van der Waals surface area (Å²) in [6.45, 7) is 6.24. The average molecular weight is 228 g/mol. The maximum absolute atomic E-state index is 10.5. The Hall–Kier alpha value is -0.610. The first kappa shape index (κ1) is 13.5. The molecule has 0 aromatic heterocycles. The van der Waals surface area contributed by atoms with E-state index < -0.39 is 5.97 Å². The highest BCUT2D eigenvalue weighted by Gasteiger charge is 2.18. The molecule has 1 aliphatic rings. The van der Waals surface area contributed by atoms with Crippen molar-refractivity contribution in [3.8, 4) is 0 Å². The van der Waals surface area contributed by atoms with Crippen molar-refractivity contribution in [3.05, 3.63) is 0 Å². The Bertz CT molecular complexity index is 221. The fraction of sp³-hybridized carbons (Fsp3) is 0.917. The third-order valence-electron chi connectivity index (χ3n) is 3.23. The van der Waals surface area contributed by atoms with Gasteiger partial charge in [-0.2, -0.15) is 0 Å². The predicted molar refractivity (Wildman–Crippen MR) is 64.5 cm³/mol. The molecule has 0 amide bonds. The molecule has 1 rings (SSSR count). The van der Waals surface area contributed by atoms with E-state index in [9.17, 15) is 4.79 Å². The van der Waals surface area contributed by atoms with Crippen molar-refractivity contribution in [1.29, 1.82) is 0 Å². The zero-order valence-corrected chi connectivity index (χ0v) is 10.4. The molecule has 0 spiro atoms. The van der Waals surface area contributed by atoms with Gasteiger partial charge in [0.05, 0.1) is 0 Å². The van der Waals surface area contributed by atoms with Crippen LogP contribution < -0.4 is 5.32 Å². The van der Waals surface area contributed by atoms with Crippen LogP contribution >= 0.6 is 0 Å². The summed E-state index contributed by atoms with van der Waals surface area (Å²) in [4.78, 5) is 12.8. The molecule has 2 unspecified atom stereocenters. The lowest BCUT2D eigenvalue weighted by molar-refractivity contribution is -0.137. The fourth-order valence-corrected chi connectivity index (χ4v) is 2.29. The van der Waals surface area contributed by atoms with Gasteiger partial charge in [0.15, 0.2) is 0 Å². The Labute approximate surface area is 98.0 Å². The van der Waals surface area contributed by atoms with Gasteiger partial charge in [-0.25, -0.2) is 0 Å². The van der Waals surface area contributed by atoms with Crippen LogP contribution in [-0.2, 0) is 4.79 Å². The first-order valence-electron chi connectivity index (χ1n) is 6.19. The van der Waals surface area contributed by atoms with Crippen molar-refractivity contribution < 1.29 is 9.90 Å². The molecule has 2 atom stereocenters. The number of rotatable bonds is 7. The van der Waals surface area contributed by atoms with E-state index in [2.05, 4.69) is 17.3 Å². The van der Waals surface area contributed by atoms with Gasteiger partial charge in [-0.1, -0.05) is 6.92 Å². The number of carbonyl (C=O) groups is 1. The van der Waals surface area contributed by atoms with Gasteiger partial charge in [0.25, 0.3) is 0 Å². The SMILES string of the molecule is CC(CNCCC1CCN(C)C1)CC(=O)O. The van der Waals surface area contributed by atoms with E-state index in [4.69, 9.17) is 5.11 Å². The van der Waals surface area contributed by atoms with Crippen molar-refractivity contribution in [2.75, 3.05) is 33.2 Å².